The summed E-state index contributed by atoms with van der Waals surface area (Å²) in [5.41, 5.74) is 1.91. The van der Waals surface area contributed by atoms with Gasteiger partial charge in [0, 0.05) is 17.6 Å². The van der Waals surface area contributed by atoms with Crippen LogP contribution in [-0.4, -0.2) is 25.1 Å². The van der Waals surface area contributed by atoms with E-state index in [9.17, 15) is 4.79 Å². The van der Waals surface area contributed by atoms with E-state index in [4.69, 9.17) is 4.74 Å². The molecule has 0 spiro atoms. The van der Waals surface area contributed by atoms with Crippen molar-refractivity contribution in [3.8, 4) is 5.75 Å². The zero-order valence-electron chi connectivity index (χ0n) is 13.2. The van der Waals surface area contributed by atoms with Gasteiger partial charge in [-0.05, 0) is 39.8 Å². The van der Waals surface area contributed by atoms with Gasteiger partial charge in [-0.1, -0.05) is 25.1 Å². The molecule has 1 amide bonds. The van der Waals surface area contributed by atoms with E-state index in [1.165, 1.54) is 0 Å². The van der Waals surface area contributed by atoms with Gasteiger partial charge in [0.15, 0.2) is 6.61 Å². The van der Waals surface area contributed by atoms with Gasteiger partial charge in [-0.2, -0.15) is 0 Å². The van der Waals surface area contributed by atoms with Crippen molar-refractivity contribution in [2.45, 2.75) is 46.2 Å². The minimum absolute atomic E-state index is 0.0466. The van der Waals surface area contributed by atoms with Gasteiger partial charge in [-0.15, -0.1) is 0 Å². The molecule has 0 fully saturated rings. The summed E-state index contributed by atoms with van der Waals surface area (Å²) in [6.45, 7) is 8.82. The number of ether oxygens (including phenoxy) is 1. The molecule has 0 heterocycles. The molecule has 0 aromatic heterocycles. The Morgan fingerprint density at radius 1 is 1.35 bits per heavy atom. The molecule has 0 radical (unpaired) electrons. The molecule has 1 rings (SSSR count). The lowest BCUT2D eigenvalue weighted by molar-refractivity contribution is -0.124. The quantitative estimate of drug-likeness (QED) is 0.805. The van der Waals surface area contributed by atoms with E-state index in [0.29, 0.717) is 0 Å². The molecule has 0 atom stereocenters. The number of carbonyl (C=O) groups is 1. The van der Waals surface area contributed by atoms with Gasteiger partial charge < -0.3 is 15.4 Å². The van der Waals surface area contributed by atoms with Crippen LogP contribution in [0.4, 0.5) is 0 Å². The van der Waals surface area contributed by atoms with Crippen LogP contribution in [0, 0.1) is 6.92 Å². The summed E-state index contributed by atoms with van der Waals surface area (Å²) in [4.78, 5) is 11.9. The van der Waals surface area contributed by atoms with Gasteiger partial charge in [0.25, 0.3) is 5.91 Å². The van der Waals surface area contributed by atoms with Gasteiger partial charge >= 0.3 is 0 Å². The maximum absolute atomic E-state index is 11.9. The molecule has 0 saturated carbocycles. The number of hydrogen-bond donors (Lipinski definition) is 2. The van der Waals surface area contributed by atoms with Crippen LogP contribution in [0.15, 0.2) is 18.2 Å². The summed E-state index contributed by atoms with van der Waals surface area (Å²) in [6.07, 6.45) is 0.883. The molecule has 0 aliphatic carbocycles. The third-order valence-corrected chi connectivity index (χ3v) is 3.37. The normalized spacial score (nSPS) is 11.2. The van der Waals surface area contributed by atoms with Crippen molar-refractivity contribution < 1.29 is 9.53 Å². The molecule has 2 N–H and O–H groups in total. The minimum atomic E-state index is -0.194. The molecular formula is C16H26N2O2. The second-order valence-corrected chi connectivity index (χ2v) is 5.67. The molecular weight excluding hydrogens is 252 g/mol. The largest absolute Gasteiger partial charge is 0.483 e. The van der Waals surface area contributed by atoms with Crippen LogP contribution < -0.4 is 15.4 Å². The average molecular weight is 278 g/mol. The first-order valence-electron chi connectivity index (χ1n) is 7.06. The molecule has 1 aromatic rings. The van der Waals surface area contributed by atoms with Gasteiger partial charge in [0.05, 0.1) is 0 Å². The fraction of sp³-hybridized carbons (Fsp3) is 0.562. The Hall–Kier alpha value is -1.55. The Kier molecular flexibility index (Phi) is 6.02. The molecule has 0 bridgehead atoms. The second-order valence-electron chi connectivity index (χ2n) is 5.67. The molecule has 1 aromatic carbocycles. The smallest absolute Gasteiger partial charge is 0.258 e. The van der Waals surface area contributed by atoms with Gasteiger partial charge in [0.2, 0.25) is 0 Å². The monoisotopic (exact) mass is 278 g/mol. The number of hydrogen-bond acceptors (Lipinski definition) is 3. The number of para-hydroxylation sites is 1. The van der Waals surface area contributed by atoms with Crippen LogP contribution in [0.3, 0.4) is 0 Å². The van der Waals surface area contributed by atoms with E-state index < -0.39 is 0 Å². The van der Waals surface area contributed by atoms with E-state index in [1.54, 1.807) is 0 Å². The Balaban J connectivity index is 2.68. The van der Waals surface area contributed by atoms with Gasteiger partial charge in [-0.3, -0.25) is 4.79 Å². The summed E-state index contributed by atoms with van der Waals surface area (Å²) in [7, 11) is 1.89. The first kappa shape index (κ1) is 16.5. The fourth-order valence-corrected chi connectivity index (χ4v) is 1.89. The van der Waals surface area contributed by atoms with Crippen molar-refractivity contribution in [2.24, 2.45) is 0 Å². The summed E-state index contributed by atoms with van der Waals surface area (Å²) in [5, 5.41) is 6.07. The van der Waals surface area contributed by atoms with E-state index in [1.807, 2.05) is 52.9 Å². The lowest BCUT2D eigenvalue weighted by Gasteiger charge is -2.24. The van der Waals surface area contributed by atoms with E-state index >= 15 is 0 Å². The van der Waals surface area contributed by atoms with Crippen LogP contribution in [0.2, 0.25) is 0 Å². The highest BCUT2D eigenvalue weighted by molar-refractivity contribution is 5.78. The number of carbonyl (C=O) groups excluding carboxylic acids is 1. The van der Waals surface area contributed by atoms with Crippen LogP contribution in [-0.2, 0) is 11.3 Å². The van der Waals surface area contributed by atoms with E-state index in [2.05, 4.69) is 10.6 Å². The zero-order chi connectivity index (χ0) is 15.2. The first-order chi connectivity index (χ1) is 9.39. The van der Waals surface area contributed by atoms with Crippen molar-refractivity contribution >= 4 is 5.91 Å². The number of amides is 1. The maximum atomic E-state index is 11.9. The molecule has 0 aliphatic rings. The SMILES string of the molecule is CCC(C)(C)NC(=O)COc1c(C)cccc1CNC. The van der Waals surface area contributed by atoms with E-state index in [-0.39, 0.29) is 18.1 Å². The highest BCUT2D eigenvalue weighted by Gasteiger charge is 2.18. The molecule has 4 heteroatoms. The fourth-order valence-electron chi connectivity index (χ4n) is 1.89. The Bertz CT molecular complexity index is 456. The Morgan fingerprint density at radius 3 is 2.65 bits per heavy atom. The van der Waals surface area contributed by atoms with Crippen molar-refractivity contribution in [2.75, 3.05) is 13.7 Å². The summed E-state index contributed by atoms with van der Waals surface area (Å²) < 4.78 is 5.72. The Morgan fingerprint density at radius 2 is 2.05 bits per heavy atom. The topological polar surface area (TPSA) is 50.4 Å². The number of benzene rings is 1. The third-order valence-electron chi connectivity index (χ3n) is 3.37. The molecule has 0 saturated heterocycles. The van der Waals surface area contributed by atoms with Crippen LogP contribution in [0.1, 0.15) is 38.3 Å². The molecule has 4 nitrogen and oxygen atoms in total. The second kappa shape index (κ2) is 7.29. The zero-order valence-corrected chi connectivity index (χ0v) is 13.2. The van der Waals surface area contributed by atoms with Crippen molar-refractivity contribution in [3.05, 3.63) is 29.3 Å². The summed E-state index contributed by atoms with van der Waals surface area (Å²) in [5.74, 6) is 0.710. The summed E-state index contributed by atoms with van der Waals surface area (Å²) >= 11 is 0. The number of nitrogens with one attached hydrogen (secondary N) is 2. The minimum Gasteiger partial charge on any atom is -0.483 e. The lowest BCUT2D eigenvalue weighted by atomic mass is 10.0. The van der Waals surface area contributed by atoms with E-state index in [0.717, 1.165) is 29.8 Å². The van der Waals surface area contributed by atoms with Crippen LogP contribution in [0.5, 0.6) is 5.75 Å². The number of aryl methyl sites for hydroxylation is 1. The van der Waals surface area contributed by atoms with Crippen LogP contribution >= 0.6 is 0 Å². The molecule has 20 heavy (non-hydrogen) atoms. The molecule has 0 unspecified atom stereocenters. The van der Waals surface area contributed by atoms with Crippen molar-refractivity contribution in [1.29, 1.82) is 0 Å². The molecule has 112 valence electrons. The average Bonchev–Trinajstić information content (AvgIpc) is 2.38. The van der Waals surface area contributed by atoms with Crippen molar-refractivity contribution in [1.82, 2.24) is 10.6 Å². The predicted octanol–water partition coefficient (Wildman–Crippen LogP) is 2.40. The Labute approximate surface area is 121 Å². The van der Waals surface area contributed by atoms with Crippen LogP contribution in [0.25, 0.3) is 0 Å². The summed E-state index contributed by atoms with van der Waals surface area (Å²) in [6, 6.07) is 5.99. The lowest BCUT2D eigenvalue weighted by Crippen LogP contribution is -2.45. The third kappa shape index (κ3) is 4.85. The highest BCUT2D eigenvalue weighted by Crippen LogP contribution is 2.23. The van der Waals surface area contributed by atoms with Gasteiger partial charge in [0.1, 0.15) is 5.75 Å². The van der Waals surface area contributed by atoms with Gasteiger partial charge in [-0.25, -0.2) is 0 Å². The molecule has 0 aliphatic heterocycles. The standard InChI is InChI=1S/C16H26N2O2/c1-6-16(3,4)18-14(19)11-20-15-12(2)8-7-9-13(15)10-17-5/h7-9,17H,6,10-11H2,1-5H3,(H,18,19). The number of rotatable bonds is 7. The first-order valence-corrected chi connectivity index (χ1v) is 7.06. The highest BCUT2D eigenvalue weighted by atomic mass is 16.5. The maximum Gasteiger partial charge on any atom is 0.258 e. The van der Waals surface area contributed by atoms with Crippen molar-refractivity contribution in [3.63, 3.8) is 0 Å². The predicted molar refractivity (Wildman–Crippen MR) is 82.0 cm³/mol.